The van der Waals surface area contributed by atoms with Crippen molar-refractivity contribution in [2.24, 2.45) is 5.92 Å². The molecule has 1 fully saturated rings. The topological polar surface area (TPSA) is 17.1 Å². The number of benzene rings is 1. The second-order valence-electron chi connectivity index (χ2n) is 5.62. The van der Waals surface area contributed by atoms with Crippen molar-refractivity contribution in [1.82, 2.24) is 0 Å². The Morgan fingerprint density at radius 1 is 1.37 bits per heavy atom. The van der Waals surface area contributed by atoms with Crippen molar-refractivity contribution in [3.63, 3.8) is 0 Å². The maximum absolute atomic E-state index is 13.3. The van der Waals surface area contributed by atoms with Crippen LogP contribution in [0.15, 0.2) is 30.3 Å². The number of carbonyl (C=O) groups excluding carboxylic acids is 1. The zero-order chi connectivity index (χ0) is 13.9. The third-order valence-corrected chi connectivity index (χ3v) is 4.01. The first kappa shape index (κ1) is 14.2. The Labute approximate surface area is 113 Å². The summed E-state index contributed by atoms with van der Waals surface area (Å²) in [6.07, 6.45) is 1.42. The first-order valence-electron chi connectivity index (χ1n) is 6.93. The SMILES string of the molecule is CC(C(=O)CC1CCCC(F)(F)C1)c1ccccc1. The highest BCUT2D eigenvalue weighted by atomic mass is 19.3. The molecule has 1 saturated carbocycles. The zero-order valence-electron chi connectivity index (χ0n) is 11.2. The average Bonchev–Trinajstić information content (AvgIpc) is 2.37. The summed E-state index contributed by atoms with van der Waals surface area (Å²) in [7, 11) is 0. The standard InChI is InChI=1S/C16H20F2O/c1-12(14-7-3-2-4-8-14)15(19)10-13-6-5-9-16(17,18)11-13/h2-4,7-8,12-13H,5-6,9-11H2,1H3. The predicted molar refractivity (Wildman–Crippen MR) is 71.4 cm³/mol. The Morgan fingerprint density at radius 2 is 2.05 bits per heavy atom. The highest BCUT2D eigenvalue weighted by molar-refractivity contribution is 5.85. The summed E-state index contributed by atoms with van der Waals surface area (Å²) >= 11 is 0. The van der Waals surface area contributed by atoms with Crippen LogP contribution in [0, 0.1) is 5.92 Å². The molecule has 0 spiro atoms. The van der Waals surface area contributed by atoms with E-state index in [1.807, 2.05) is 37.3 Å². The van der Waals surface area contributed by atoms with Gasteiger partial charge in [-0.3, -0.25) is 4.79 Å². The van der Waals surface area contributed by atoms with Crippen LogP contribution in [-0.2, 0) is 4.79 Å². The molecule has 3 heteroatoms. The van der Waals surface area contributed by atoms with Crippen LogP contribution in [0.25, 0.3) is 0 Å². The van der Waals surface area contributed by atoms with Crippen molar-refractivity contribution >= 4 is 5.78 Å². The average molecular weight is 266 g/mol. The van der Waals surface area contributed by atoms with E-state index in [1.165, 1.54) is 0 Å². The summed E-state index contributed by atoms with van der Waals surface area (Å²) in [5, 5.41) is 0. The summed E-state index contributed by atoms with van der Waals surface area (Å²) in [4.78, 5) is 12.2. The van der Waals surface area contributed by atoms with E-state index in [0.29, 0.717) is 6.42 Å². The fourth-order valence-electron chi connectivity index (χ4n) is 2.84. The van der Waals surface area contributed by atoms with E-state index in [9.17, 15) is 13.6 Å². The number of halogens is 2. The summed E-state index contributed by atoms with van der Waals surface area (Å²) in [6, 6.07) is 9.53. The van der Waals surface area contributed by atoms with Crippen LogP contribution in [0.2, 0.25) is 0 Å². The first-order valence-corrected chi connectivity index (χ1v) is 6.93. The van der Waals surface area contributed by atoms with Crippen molar-refractivity contribution in [1.29, 1.82) is 0 Å². The minimum atomic E-state index is -2.57. The second-order valence-corrected chi connectivity index (χ2v) is 5.62. The molecule has 1 aromatic carbocycles. The molecule has 19 heavy (non-hydrogen) atoms. The molecule has 1 aliphatic rings. The van der Waals surface area contributed by atoms with Gasteiger partial charge in [0.05, 0.1) is 0 Å². The Bertz CT molecular complexity index is 428. The van der Waals surface area contributed by atoms with Crippen molar-refractivity contribution in [3.05, 3.63) is 35.9 Å². The van der Waals surface area contributed by atoms with E-state index in [0.717, 1.165) is 12.0 Å². The normalized spacial score (nSPS) is 23.8. The molecule has 1 aliphatic carbocycles. The van der Waals surface area contributed by atoms with Gasteiger partial charge in [-0.15, -0.1) is 0 Å². The van der Waals surface area contributed by atoms with Crippen LogP contribution in [0.4, 0.5) is 8.78 Å². The molecule has 0 heterocycles. The molecule has 0 amide bonds. The summed E-state index contributed by atoms with van der Waals surface area (Å²) in [5.41, 5.74) is 0.968. The van der Waals surface area contributed by atoms with E-state index < -0.39 is 5.92 Å². The van der Waals surface area contributed by atoms with Crippen molar-refractivity contribution in [2.75, 3.05) is 0 Å². The van der Waals surface area contributed by atoms with Gasteiger partial charge in [-0.1, -0.05) is 37.3 Å². The second kappa shape index (κ2) is 5.81. The smallest absolute Gasteiger partial charge is 0.248 e. The van der Waals surface area contributed by atoms with Gasteiger partial charge in [-0.25, -0.2) is 8.78 Å². The molecule has 1 aromatic rings. The molecule has 2 atom stereocenters. The van der Waals surface area contributed by atoms with Crippen LogP contribution in [0.1, 0.15) is 50.5 Å². The van der Waals surface area contributed by atoms with E-state index in [2.05, 4.69) is 0 Å². The highest BCUT2D eigenvalue weighted by Crippen LogP contribution is 2.38. The molecule has 1 nitrogen and oxygen atoms in total. The van der Waals surface area contributed by atoms with Crippen LogP contribution < -0.4 is 0 Å². The van der Waals surface area contributed by atoms with E-state index in [-0.39, 0.29) is 36.9 Å². The third-order valence-electron chi connectivity index (χ3n) is 4.01. The van der Waals surface area contributed by atoms with Crippen molar-refractivity contribution in [3.8, 4) is 0 Å². The summed E-state index contributed by atoms with van der Waals surface area (Å²) in [5.74, 6) is -2.84. The number of rotatable bonds is 4. The van der Waals surface area contributed by atoms with Crippen LogP contribution in [-0.4, -0.2) is 11.7 Å². The van der Waals surface area contributed by atoms with Gasteiger partial charge in [-0.05, 0) is 24.3 Å². The number of hydrogen-bond acceptors (Lipinski definition) is 1. The van der Waals surface area contributed by atoms with Crippen LogP contribution in [0.5, 0.6) is 0 Å². The van der Waals surface area contributed by atoms with Gasteiger partial charge in [0.2, 0.25) is 5.92 Å². The number of alkyl halides is 2. The fourth-order valence-corrected chi connectivity index (χ4v) is 2.84. The van der Waals surface area contributed by atoms with Crippen molar-refractivity contribution < 1.29 is 13.6 Å². The molecule has 0 aromatic heterocycles. The molecule has 0 bridgehead atoms. The van der Waals surface area contributed by atoms with Crippen LogP contribution >= 0.6 is 0 Å². The van der Waals surface area contributed by atoms with Gasteiger partial charge >= 0.3 is 0 Å². The van der Waals surface area contributed by atoms with Gasteiger partial charge in [0.25, 0.3) is 0 Å². The third kappa shape index (κ3) is 3.85. The summed E-state index contributed by atoms with van der Waals surface area (Å²) < 4.78 is 26.6. The first-order chi connectivity index (χ1) is 8.98. The van der Waals surface area contributed by atoms with E-state index >= 15 is 0 Å². The Hall–Kier alpha value is -1.25. The minimum absolute atomic E-state index is 0.0219. The fraction of sp³-hybridized carbons (Fsp3) is 0.562. The maximum Gasteiger partial charge on any atom is 0.248 e. The number of ketones is 1. The molecule has 2 unspecified atom stereocenters. The predicted octanol–water partition coefficient (Wildman–Crippen LogP) is 4.57. The molecular formula is C16H20F2O. The van der Waals surface area contributed by atoms with Crippen molar-refractivity contribution in [2.45, 2.75) is 50.9 Å². The molecule has 2 rings (SSSR count). The monoisotopic (exact) mass is 266 g/mol. The molecule has 0 aliphatic heterocycles. The lowest BCUT2D eigenvalue weighted by atomic mass is 9.81. The lowest BCUT2D eigenvalue weighted by Gasteiger charge is -2.29. The summed E-state index contributed by atoms with van der Waals surface area (Å²) in [6.45, 7) is 1.86. The number of hydrogen-bond donors (Lipinski definition) is 0. The maximum atomic E-state index is 13.3. The number of carbonyl (C=O) groups is 1. The largest absolute Gasteiger partial charge is 0.299 e. The molecule has 0 radical (unpaired) electrons. The van der Waals surface area contributed by atoms with Gasteiger partial charge in [0, 0.05) is 25.2 Å². The highest BCUT2D eigenvalue weighted by Gasteiger charge is 2.37. The lowest BCUT2D eigenvalue weighted by molar-refractivity contribution is -0.122. The Morgan fingerprint density at radius 3 is 2.68 bits per heavy atom. The van der Waals surface area contributed by atoms with E-state index in [1.54, 1.807) is 0 Å². The molecular weight excluding hydrogens is 246 g/mol. The Kier molecular flexibility index (Phi) is 4.33. The lowest BCUT2D eigenvalue weighted by Crippen LogP contribution is -2.28. The van der Waals surface area contributed by atoms with E-state index in [4.69, 9.17) is 0 Å². The van der Waals surface area contributed by atoms with Gasteiger partial charge in [0.1, 0.15) is 5.78 Å². The molecule has 0 N–H and O–H groups in total. The number of Topliss-reactive ketones (excluding diaryl/α,β-unsaturated/α-hetero) is 1. The van der Waals surface area contributed by atoms with Gasteiger partial charge in [0.15, 0.2) is 0 Å². The quantitative estimate of drug-likeness (QED) is 0.780. The Balaban J connectivity index is 1.94. The molecule has 104 valence electrons. The van der Waals surface area contributed by atoms with Gasteiger partial charge < -0.3 is 0 Å². The minimum Gasteiger partial charge on any atom is -0.299 e. The zero-order valence-corrected chi connectivity index (χ0v) is 11.2. The van der Waals surface area contributed by atoms with Gasteiger partial charge in [-0.2, -0.15) is 0 Å². The van der Waals surface area contributed by atoms with Crippen LogP contribution in [0.3, 0.4) is 0 Å². The molecule has 0 saturated heterocycles.